The number of hydrogen-bond acceptors (Lipinski definition) is 5. The van der Waals surface area contributed by atoms with Crippen LogP contribution in [0.25, 0.3) is 0 Å². The van der Waals surface area contributed by atoms with Crippen molar-refractivity contribution in [3.05, 3.63) is 11.2 Å². The molecule has 20 heavy (non-hydrogen) atoms. The summed E-state index contributed by atoms with van der Waals surface area (Å²) in [4.78, 5) is 4.06. The molecule has 2 unspecified atom stereocenters. The summed E-state index contributed by atoms with van der Waals surface area (Å²) in [7, 11) is -3.36. The number of nitrogens with zero attached hydrogens (tertiary/aromatic N) is 2. The van der Waals surface area contributed by atoms with Crippen LogP contribution >= 0.6 is 11.3 Å². The molecule has 7 heteroatoms. The summed E-state index contributed by atoms with van der Waals surface area (Å²) in [5.74, 6) is 0.382. The second kappa shape index (κ2) is 6.51. The highest BCUT2D eigenvalue weighted by molar-refractivity contribution is 7.91. The minimum Gasteiger partial charge on any atom is -0.314 e. The van der Waals surface area contributed by atoms with Crippen molar-refractivity contribution in [2.75, 3.05) is 19.6 Å². The normalized spacial score (nSPS) is 24.9. The first kappa shape index (κ1) is 15.9. The van der Waals surface area contributed by atoms with Crippen LogP contribution in [0.3, 0.4) is 0 Å². The van der Waals surface area contributed by atoms with E-state index in [1.54, 1.807) is 4.31 Å². The van der Waals surface area contributed by atoms with Crippen molar-refractivity contribution in [3.8, 4) is 0 Å². The van der Waals surface area contributed by atoms with Crippen LogP contribution in [0.5, 0.6) is 0 Å². The van der Waals surface area contributed by atoms with Gasteiger partial charge in [0.15, 0.2) is 4.21 Å². The maximum absolute atomic E-state index is 12.6. The fourth-order valence-electron chi connectivity index (χ4n) is 2.75. The number of aromatic nitrogens is 1. The first-order chi connectivity index (χ1) is 9.48. The number of aryl methyl sites for hydroxylation is 1. The van der Waals surface area contributed by atoms with Gasteiger partial charge in [0.1, 0.15) is 0 Å². The number of piperidine rings is 1. The van der Waals surface area contributed by atoms with Crippen LogP contribution in [0, 0.1) is 12.8 Å². The molecular formula is C13H23N3O2S2. The van der Waals surface area contributed by atoms with Crippen LogP contribution in [0.15, 0.2) is 10.4 Å². The third-order valence-electron chi connectivity index (χ3n) is 3.88. The van der Waals surface area contributed by atoms with Gasteiger partial charge in [0.2, 0.25) is 0 Å². The van der Waals surface area contributed by atoms with E-state index in [2.05, 4.69) is 24.1 Å². The minimum absolute atomic E-state index is 0.367. The zero-order valence-electron chi connectivity index (χ0n) is 12.3. The third-order valence-corrected chi connectivity index (χ3v) is 7.10. The molecule has 0 saturated carbocycles. The lowest BCUT2D eigenvalue weighted by Gasteiger charge is -2.37. The highest BCUT2D eigenvalue weighted by Gasteiger charge is 2.35. The van der Waals surface area contributed by atoms with E-state index in [0.29, 0.717) is 29.3 Å². The van der Waals surface area contributed by atoms with Gasteiger partial charge in [0, 0.05) is 19.1 Å². The van der Waals surface area contributed by atoms with Crippen molar-refractivity contribution in [1.82, 2.24) is 14.6 Å². The monoisotopic (exact) mass is 317 g/mol. The molecule has 0 bridgehead atoms. The maximum atomic E-state index is 12.6. The Morgan fingerprint density at radius 2 is 2.25 bits per heavy atom. The van der Waals surface area contributed by atoms with Gasteiger partial charge in [-0.1, -0.05) is 20.3 Å². The Kier molecular flexibility index (Phi) is 5.17. The van der Waals surface area contributed by atoms with Gasteiger partial charge in [-0.25, -0.2) is 13.4 Å². The molecule has 0 spiro atoms. The molecule has 114 valence electrons. The van der Waals surface area contributed by atoms with Crippen LogP contribution in [0.1, 0.15) is 31.7 Å². The molecule has 0 aliphatic carbocycles. The summed E-state index contributed by atoms with van der Waals surface area (Å²) in [6.07, 6.45) is 3.35. The Hall–Kier alpha value is -0.500. The Morgan fingerprint density at radius 3 is 2.80 bits per heavy atom. The third kappa shape index (κ3) is 3.21. The van der Waals surface area contributed by atoms with Gasteiger partial charge in [-0.2, -0.15) is 4.31 Å². The summed E-state index contributed by atoms with van der Waals surface area (Å²) < 4.78 is 27.2. The molecule has 1 aliphatic heterocycles. The molecular weight excluding hydrogens is 294 g/mol. The summed E-state index contributed by atoms with van der Waals surface area (Å²) in [5.41, 5.74) is 0. The Balaban J connectivity index is 2.14. The number of hydrogen-bond donors (Lipinski definition) is 1. The molecule has 1 aliphatic rings. The fourth-order valence-corrected chi connectivity index (χ4v) is 5.53. The Labute approximate surface area is 125 Å². The zero-order valence-corrected chi connectivity index (χ0v) is 13.9. The average molecular weight is 317 g/mol. The molecule has 1 fully saturated rings. The average Bonchev–Trinajstić information content (AvgIpc) is 2.87. The minimum atomic E-state index is -3.36. The molecule has 1 aromatic heterocycles. The second-order valence-corrected chi connectivity index (χ2v) is 8.58. The van der Waals surface area contributed by atoms with Crippen molar-refractivity contribution in [2.24, 2.45) is 5.92 Å². The van der Waals surface area contributed by atoms with Crippen molar-refractivity contribution < 1.29 is 8.42 Å². The van der Waals surface area contributed by atoms with E-state index in [1.165, 1.54) is 17.5 Å². The smallest absolute Gasteiger partial charge is 0.254 e. The van der Waals surface area contributed by atoms with E-state index in [4.69, 9.17) is 0 Å². The topological polar surface area (TPSA) is 62.3 Å². The van der Waals surface area contributed by atoms with Gasteiger partial charge in [-0.05, 0) is 25.8 Å². The summed E-state index contributed by atoms with van der Waals surface area (Å²) in [6, 6.07) is 0.430. The van der Waals surface area contributed by atoms with E-state index < -0.39 is 10.0 Å². The van der Waals surface area contributed by atoms with E-state index in [0.717, 1.165) is 24.4 Å². The molecule has 1 N–H and O–H groups in total. The fraction of sp³-hybridized carbons (Fsp3) is 0.769. The van der Waals surface area contributed by atoms with Crippen LogP contribution in [-0.4, -0.2) is 43.4 Å². The lowest BCUT2D eigenvalue weighted by molar-refractivity contribution is 0.204. The predicted molar refractivity (Wildman–Crippen MR) is 81.5 cm³/mol. The SMILES string of the molecule is CCNC1CCN(S(=O)(=O)c2cnc(C)s2)CC1CC. The lowest BCUT2D eigenvalue weighted by Crippen LogP contribution is -2.50. The summed E-state index contributed by atoms with van der Waals surface area (Å²) in [5, 5.41) is 4.26. The van der Waals surface area contributed by atoms with E-state index in [-0.39, 0.29) is 0 Å². The number of sulfonamides is 1. The first-order valence-electron chi connectivity index (χ1n) is 7.15. The molecule has 1 aromatic rings. The van der Waals surface area contributed by atoms with Gasteiger partial charge < -0.3 is 5.32 Å². The first-order valence-corrected chi connectivity index (χ1v) is 9.40. The molecule has 5 nitrogen and oxygen atoms in total. The maximum Gasteiger partial charge on any atom is 0.254 e. The molecule has 0 aromatic carbocycles. The Morgan fingerprint density at radius 1 is 1.50 bits per heavy atom. The zero-order chi connectivity index (χ0) is 14.8. The van der Waals surface area contributed by atoms with Crippen molar-refractivity contribution in [3.63, 3.8) is 0 Å². The van der Waals surface area contributed by atoms with Crippen molar-refractivity contribution >= 4 is 21.4 Å². The molecule has 2 heterocycles. The van der Waals surface area contributed by atoms with Gasteiger partial charge >= 0.3 is 0 Å². The van der Waals surface area contributed by atoms with Gasteiger partial charge in [0.05, 0.1) is 11.2 Å². The number of rotatable bonds is 5. The van der Waals surface area contributed by atoms with Crippen LogP contribution in [0.4, 0.5) is 0 Å². The largest absolute Gasteiger partial charge is 0.314 e. The summed E-state index contributed by atoms with van der Waals surface area (Å²) in [6.45, 7) is 8.18. The quantitative estimate of drug-likeness (QED) is 0.900. The Bertz CT molecular complexity index is 542. The van der Waals surface area contributed by atoms with Crippen LogP contribution < -0.4 is 5.32 Å². The number of thiazole rings is 1. The van der Waals surface area contributed by atoms with Gasteiger partial charge in [-0.3, -0.25) is 0 Å². The standard InChI is InChI=1S/C13H23N3O2S2/c1-4-11-9-16(7-6-12(11)14-5-2)20(17,18)13-8-15-10(3)19-13/h8,11-12,14H,4-7,9H2,1-3H3. The molecule has 2 rings (SSSR count). The predicted octanol–water partition coefficient (Wildman–Crippen LogP) is 1.85. The van der Waals surface area contributed by atoms with Gasteiger partial charge in [0.25, 0.3) is 10.0 Å². The highest BCUT2D eigenvalue weighted by atomic mass is 32.2. The van der Waals surface area contributed by atoms with E-state index in [1.807, 2.05) is 6.92 Å². The number of nitrogens with one attached hydrogen (secondary N) is 1. The van der Waals surface area contributed by atoms with Crippen molar-refractivity contribution in [2.45, 2.75) is 43.9 Å². The molecule has 0 amide bonds. The van der Waals surface area contributed by atoms with E-state index in [9.17, 15) is 8.42 Å². The molecule has 2 atom stereocenters. The van der Waals surface area contributed by atoms with Crippen LogP contribution in [-0.2, 0) is 10.0 Å². The summed E-state index contributed by atoms with van der Waals surface area (Å²) >= 11 is 1.25. The van der Waals surface area contributed by atoms with Crippen LogP contribution in [0.2, 0.25) is 0 Å². The second-order valence-electron chi connectivity index (χ2n) is 5.18. The van der Waals surface area contributed by atoms with Crippen molar-refractivity contribution in [1.29, 1.82) is 0 Å². The van der Waals surface area contributed by atoms with E-state index >= 15 is 0 Å². The highest BCUT2D eigenvalue weighted by Crippen LogP contribution is 2.28. The van der Waals surface area contributed by atoms with Gasteiger partial charge in [-0.15, -0.1) is 11.3 Å². The molecule has 1 saturated heterocycles. The lowest BCUT2D eigenvalue weighted by atomic mass is 9.91. The molecule has 0 radical (unpaired) electrons.